The average molecular weight is 167 g/mol. The highest BCUT2D eigenvalue weighted by atomic mass is 15.2. The van der Waals surface area contributed by atoms with Gasteiger partial charge in [-0.1, -0.05) is 6.42 Å². The second-order valence-electron chi connectivity index (χ2n) is 4.24. The molecule has 2 aliphatic rings. The molecule has 2 fully saturated rings. The van der Waals surface area contributed by atoms with Gasteiger partial charge in [-0.2, -0.15) is 0 Å². The molecule has 0 aromatic rings. The minimum Gasteiger partial charge on any atom is -0.370 e. The highest BCUT2D eigenvalue weighted by molar-refractivity contribution is 5.74. The van der Waals surface area contributed by atoms with Crippen LogP contribution in [0.4, 0.5) is 0 Å². The monoisotopic (exact) mass is 167 g/mol. The van der Waals surface area contributed by atoms with Crippen molar-refractivity contribution in [3.63, 3.8) is 0 Å². The van der Waals surface area contributed by atoms with Crippen molar-refractivity contribution in [2.75, 3.05) is 7.05 Å². The van der Waals surface area contributed by atoms with Crippen LogP contribution >= 0.6 is 0 Å². The Bertz CT molecular complexity index is 202. The van der Waals surface area contributed by atoms with Crippen molar-refractivity contribution in [2.24, 2.45) is 17.6 Å². The third-order valence-electron chi connectivity index (χ3n) is 3.58. The van der Waals surface area contributed by atoms with E-state index in [9.17, 15) is 0 Å². The number of nitrogens with one attached hydrogen (secondary N) is 1. The average Bonchev–Trinajstić information content (AvgIpc) is 2.62. The Labute approximate surface area is 73.4 Å². The predicted molar refractivity (Wildman–Crippen MR) is 48.9 cm³/mol. The molecule has 0 heterocycles. The molecule has 3 atom stereocenters. The normalized spacial score (nSPS) is 38.6. The lowest BCUT2D eigenvalue weighted by Crippen LogP contribution is -2.43. The summed E-state index contributed by atoms with van der Waals surface area (Å²) in [6, 6.07) is 0.571. The molecule has 3 heteroatoms. The maximum Gasteiger partial charge on any atom is 0.188 e. The molecule has 0 amide bonds. The van der Waals surface area contributed by atoms with Gasteiger partial charge in [-0.3, -0.25) is 5.41 Å². The van der Waals surface area contributed by atoms with Crippen molar-refractivity contribution in [3.05, 3.63) is 0 Å². The molecular formula is C9H17N3. The van der Waals surface area contributed by atoms with E-state index in [2.05, 4.69) is 0 Å². The maximum atomic E-state index is 7.35. The molecule has 2 bridgehead atoms. The number of hydrogen-bond donors (Lipinski definition) is 2. The molecule has 2 rings (SSSR count). The Morgan fingerprint density at radius 2 is 2.17 bits per heavy atom. The molecule has 12 heavy (non-hydrogen) atoms. The van der Waals surface area contributed by atoms with Crippen molar-refractivity contribution in [3.8, 4) is 0 Å². The lowest BCUT2D eigenvalue weighted by Gasteiger charge is -2.31. The summed E-state index contributed by atoms with van der Waals surface area (Å²) in [5.41, 5.74) is 5.46. The molecule has 0 aromatic carbocycles. The van der Waals surface area contributed by atoms with Crippen LogP contribution in [-0.2, 0) is 0 Å². The lowest BCUT2D eigenvalue weighted by molar-refractivity contribution is 0.255. The van der Waals surface area contributed by atoms with Crippen LogP contribution in [0.2, 0.25) is 0 Å². The number of hydrogen-bond acceptors (Lipinski definition) is 1. The van der Waals surface area contributed by atoms with E-state index in [4.69, 9.17) is 11.1 Å². The van der Waals surface area contributed by atoms with Crippen molar-refractivity contribution < 1.29 is 0 Å². The first-order valence-corrected chi connectivity index (χ1v) is 4.75. The molecule has 3 N–H and O–H groups in total. The fourth-order valence-electron chi connectivity index (χ4n) is 2.86. The van der Waals surface area contributed by atoms with Gasteiger partial charge in [-0.15, -0.1) is 0 Å². The first-order valence-electron chi connectivity index (χ1n) is 4.75. The van der Waals surface area contributed by atoms with Crippen molar-refractivity contribution in [2.45, 2.75) is 31.7 Å². The van der Waals surface area contributed by atoms with Crippen molar-refractivity contribution in [1.29, 1.82) is 5.41 Å². The van der Waals surface area contributed by atoms with Gasteiger partial charge in [-0.25, -0.2) is 0 Å². The van der Waals surface area contributed by atoms with Crippen LogP contribution in [-0.4, -0.2) is 23.9 Å². The van der Waals surface area contributed by atoms with Crippen LogP contribution in [0.3, 0.4) is 0 Å². The Morgan fingerprint density at radius 3 is 2.58 bits per heavy atom. The van der Waals surface area contributed by atoms with E-state index in [1.807, 2.05) is 11.9 Å². The summed E-state index contributed by atoms with van der Waals surface area (Å²) in [4.78, 5) is 1.95. The predicted octanol–water partition coefficient (Wildman–Crippen LogP) is 1.00. The van der Waals surface area contributed by atoms with Gasteiger partial charge in [0.2, 0.25) is 0 Å². The second-order valence-corrected chi connectivity index (χ2v) is 4.24. The van der Waals surface area contributed by atoms with E-state index in [1.54, 1.807) is 0 Å². The zero-order chi connectivity index (χ0) is 8.72. The zero-order valence-electron chi connectivity index (χ0n) is 7.59. The zero-order valence-corrected chi connectivity index (χ0v) is 7.59. The molecule has 3 unspecified atom stereocenters. The number of guanidine groups is 1. The third-order valence-corrected chi connectivity index (χ3v) is 3.58. The SMILES string of the molecule is CN(C(=N)N)C1CC2CCC1C2. The van der Waals surface area contributed by atoms with Crippen LogP contribution in [0.1, 0.15) is 25.7 Å². The van der Waals surface area contributed by atoms with Gasteiger partial charge in [0, 0.05) is 13.1 Å². The Balaban J connectivity index is 2.02. The van der Waals surface area contributed by atoms with E-state index in [0.717, 1.165) is 11.8 Å². The number of fused-ring (bicyclic) bond motifs is 2. The summed E-state index contributed by atoms with van der Waals surface area (Å²) in [5, 5.41) is 7.35. The standard InChI is InChI=1S/C9H17N3/c1-12(9(10)11)8-5-6-2-3-7(8)4-6/h6-8H,2-5H2,1H3,(H3,10,11). The molecule has 0 saturated heterocycles. The Kier molecular flexibility index (Phi) is 1.74. The van der Waals surface area contributed by atoms with E-state index in [1.165, 1.54) is 25.7 Å². The summed E-state index contributed by atoms with van der Waals surface area (Å²) >= 11 is 0. The fourth-order valence-corrected chi connectivity index (χ4v) is 2.86. The van der Waals surface area contributed by atoms with Gasteiger partial charge in [-0.05, 0) is 31.1 Å². The van der Waals surface area contributed by atoms with Crippen molar-refractivity contribution >= 4 is 5.96 Å². The van der Waals surface area contributed by atoms with Crippen LogP contribution in [0.5, 0.6) is 0 Å². The molecule has 68 valence electrons. The van der Waals surface area contributed by atoms with Gasteiger partial charge >= 0.3 is 0 Å². The molecule has 2 aliphatic carbocycles. The smallest absolute Gasteiger partial charge is 0.188 e. The van der Waals surface area contributed by atoms with Crippen LogP contribution in [0.25, 0.3) is 0 Å². The molecular weight excluding hydrogens is 150 g/mol. The van der Waals surface area contributed by atoms with E-state index >= 15 is 0 Å². The number of nitrogens with two attached hydrogens (primary N) is 1. The van der Waals surface area contributed by atoms with Crippen molar-refractivity contribution in [1.82, 2.24) is 4.90 Å². The van der Waals surface area contributed by atoms with Gasteiger partial charge in [0.15, 0.2) is 5.96 Å². The Morgan fingerprint density at radius 1 is 1.42 bits per heavy atom. The summed E-state index contributed by atoms with van der Waals surface area (Å²) in [7, 11) is 1.95. The quantitative estimate of drug-likeness (QED) is 0.452. The topological polar surface area (TPSA) is 53.1 Å². The third kappa shape index (κ3) is 1.08. The van der Waals surface area contributed by atoms with Gasteiger partial charge in [0.25, 0.3) is 0 Å². The molecule has 0 radical (unpaired) electrons. The molecule has 2 saturated carbocycles. The largest absolute Gasteiger partial charge is 0.370 e. The summed E-state index contributed by atoms with van der Waals surface area (Å²) in [6.07, 6.45) is 5.41. The minimum absolute atomic E-state index is 0.229. The van der Waals surface area contributed by atoms with E-state index < -0.39 is 0 Å². The van der Waals surface area contributed by atoms with Crippen LogP contribution in [0, 0.1) is 17.2 Å². The molecule has 0 aromatic heterocycles. The first kappa shape index (κ1) is 7.90. The number of rotatable bonds is 1. The van der Waals surface area contributed by atoms with E-state index in [0.29, 0.717) is 6.04 Å². The summed E-state index contributed by atoms with van der Waals surface area (Å²) < 4.78 is 0. The molecule has 3 nitrogen and oxygen atoms in total. The summed E-state index contributed by atoms with van der Waals surface area (Å²) in [5.74, 6) is 1.98. The van der Waals surface area contributed by atoms with Crippen LogP contribution in [0.15, 0.2) is 0 Å². The lowest BCUT2D eigenvalue weighted by atomic mass is 9.94. The molecule has 0 aliphatic heterocycles. The van der Waals surface area contributed by atoms with E-state index in [-0.39, 0.29) is 5.96 Å². The fraction of sp³-hybridized carbons (Fsp3) is 0.889. The van der Waals surface area contributed by atoms with Gasteiger partial charge in [0.05, 0.1) is 0 Å². The van der Waals surface area contributed by atoms with Gasteiger partial charge in [0.1, 0.15) is 0 Å². The summed E-state index contributed by atoms with van der Waals surface area (Å²) in [6.45, 7) is 0. The first-order chi connectivity index (χ1) is 5.68. The number of nitrogens with zero attached hydrogens (tertiary/aromatic N) is 1. The highest BCUT2D eigenvalue weighted by Gasteiger charge is 2.41. The maximum absolute atomic E-state index is 7.35. The molecule has 0 spiro atoms. The second kappa shape index (κ2) is 2.64. The van der Waals surface area contributed by atoms with Gasteiger partial charge < -0.3 is 10.6 Å². The highest BCUT2D eigenvalue weighted by Crippen LogP contribution is 2.46. The van der Waals surface area contributed by atoms with Crippen LogP contribution < -0.4 is 5.73 Å². The minimum atomic E-state index is 0.229. The Hall–Kier alpha value is -0.730.